The molecule has 4 N–H and O–H groups in total. The number of nitrogens with one attached hydrogen (secondary N) is 4. The van der Waals surface area contributed by atoms with Crippen LogP contribution < -0.4 is 21.3 Å². The van der Waals surface area contributed by atoms with Gasteiger partial charge in [-0.3, -0.25) is 19.2 Å². The molecule has 4 amide bonds. The smallest absolute Gasteiger partial charge is 0.265 e. The van der Waals surface area contributed by atoms with Crippen molar-refractivity contribution < 1.29 is 36.0 Å². The van der Waals surface area contributed by atoms with E-state index in [4.69, 9.17) is 0 Å². The summed E-state index contributed by atoms with van der Waals surface area (Å²) < 4.78 is 53.6. The molecule has 18 heteroatoms. The number of amides is 4. The van der Waals surface area contributed by atoms with Crippen molar-refractivity contribution >= 4 is 110 Å². The van der Waals surface area contributed by atoms with Gasteiger partial charge >= 0.3 is 0 Å². The highest BCUT2D eigenvalue weighted by molar-refractivity contribution is 8.76. The third kappa shape index (κ3) is 10.7. The molecule has 66 heavy (non-hydrogen) atoms. The van der Waals surface area contributed by atoms with Gasteiger partial charge in [-0.1, -0.05) is 58.0 Å². The summed E-state index contributed by atoms with van der Waals surface area (Å²) >= 11 is 2.59. The van der Waals surface area contributed by atoms with E-state index in [-0.39, 0.29) is 31.4 Å². The molecule has 0 unspecified atom stereocenters. The predicted octanol–water partition coefficient (Wildman–Crippen LogP) is 11.3. The monoisotopic (exact) mass is 986 g/mol. The first kappa shape index (κ1) is 45.8. The number of carbonyl (C=O) groups excluding carboxylic acids is 4. The Kier molecular flexibility index (Phi) is 14.0. The van der Waals surface area contributed by atoms with Crippen molar-refractivity contribution in [2.75, 3.05) is 21.3 Å². The van der Waals surface area contributed by atoms with Crippen LogP contribution >= 0.6 is 44.3 Å². The Morgan fingerprint density at radius 2 is 0.636 bits per heavy atom. The zero-order chi connectivity index (χ0) is 46.3. The topological polar surface area (TPSA) is 185 Å². The normalized spacial score (nSPS) is 11.3. The van der Waals surface area contributed by atoms with E-state index < -0.39 is 31.5 Å². The molecule has 0 aliphatic heterocycles. The predicted molar refractivity (Wildman–Crippen MR) is 262 cm³/mol. The summed E-state index contributed by atoms with van der Waals surface area (Å²) in [5, 5.41) is 14.7. The number of benzene rings is 6. The molecule has 6 aromatic carbocycles. The lowest BCUT2D eigenvalue weighted by Gasteiger charge is -2.12. The fourth-order valence-corrected chi connectivity index (χ4v) is 12.4. The first-order chi connectivity index (χ1) is 31.8. The molecular weight excluding hydrogens is 953 g/mol. The van der Waals surface area contributed by atoms with E-state index in [2.05, 4.69) is 21.3 Å². The van der Waals surface area contributed by atoms with Crippen molar-refractivity contribution in [2.24, 2.45) is 0 Å². The average Bonchev–Trinajstić information content (AvgIpc) is 4.09. The zero-order valence-electron chi connectivity index (χ0n) is 34.0. The number of thiophene rings is 2. The molecule has 0 aliphatic rings. The highest BCUT2D eigenvalue weighted by Gasteiger charge is 2.21. The number of rotatable bonds is 15. The van der Waals surface area contributed by atoms with Gasteiger partial charge in [0.25, 0.3) is 23.6 Å². The lowest BCUT2D eigenvalue weighted by molar-refractivity contribution is 0.101. The number of sulfone groups is 2. The number of hydrogen-bond donors (Lipinski definition) is 4. The van der Waals surface area contributed by atoms with Crippen LogP contribution in [0.5, 0.6) is 0 Å². The van der Waals surface area contributed by atoms with E-state index in [1.165, 1.54) is 141 Å². The summed E-state index contributed by atoms with van der Waals surface area (Å²) in [6.07, 6.45) is 0. The second kappa shape index (κ2) is 20.2. The van der Waals surface area contributed by atoms with Crippen LogP contribution in [0.15, 0.2) is 210 Å². The van der Waals surface area contributed by atoms with E-state index in [1.54, 1.807) is 83.6 Å². The largest absolute Gasteiger partial charge is 0.322 e. The zero-order valence-corrected chi connectivity index (χ0v) is 38.9. The second-order valence-electron chi connectivity index (χ2n) is 14.0. The van der Waals surface area contributed by atoms with E-state index in [1.807, 2.05) is 0 Å². The van der Waals surface area contributed by atoms with Gasteiger partial charge in [0.2, 0.25) is 19.7 Å². The maximum atomic E-state index is 13.6. The Balaban J connectivity index is 0.871. The van der Waals surface area contributed by atoms with Gasteiger partial charge in [-0.25, -0.2) is 16.8 Å². The van der Waals surface area contributed by atoms with Gasteiger partial charge in [-0.15, -0.1) is 22.7 Å². The molecule has 0 bridgehead atoms. The molecule has 0 saturated carbocycles. The number of carbonyl (C=O) groups is 4. The maximum absolute atomic E-state index is 13.6. The first-order valence-electron chi connectivity index (χ1n) is 19.6. The molecule has 2 aromatic heterocycles. The molecule has 330 valence electrons. The van der Waals surface area contributed by atoms with Crippen LogP contribution in [0.4, 0.5) is 22.7 Å². The van der Waals surface area contributed by atoms with Gasteiger partial charge in [0.05, 0.1) is 40.5 Å². The molecule has 8 aromatic rings. The van der Waals surface area contributed by atoms with Gasteiger partial charge in [-0.2, -0.15) is 0 Å². The van der Waals surface area contributed by atoms with Crippen LogP contribution in [0.2, 0.25) is 0 Å². The average molecular weight is 987 g/mol. The van der Waals surface area contributed by atoms with Crippen LogP contribution in [0.3, 0.4) is 0 Å². The minimum absolute atomic E-state index is 0.0212. The number of anilines is 4. The Bertz CT molecular complexity index is 3050. The second-order valence-corrected chi connectivity index (χ2v) is 22.0. The van der Waals surface area contributed by atoms with E-state index in [0.717, 1.165) is 0 Å². The standard InChI is InChI=1S/C48H34N4O8S6/c53-45(49-31-13-21-35(22-14-31)65(57,58)37-25-17-33(18-26-37)51-47(55)43-11-5-29-61-43)39-7-1-3-9-41(39)63-64-42-10-4-2-8-40(42)46(54)50-32-15-23-36(24-16-32)66(59,60)38-27-19-34(20-28-38)52-48(56)44-12-6-30-62-44/h1-30H,(H,49,53)(H,50,54)(H,51,55)(H,52,56). The molecule has 0 spiro atoms. The molecule has 0 aliphatic carbocycles. The van der Waals surface area contributed by atoms with E-state index in [9.17, 15) is 36.0 Å². The third-order valence-electron chi connectivity index (χ3n) is 9.66. The minimum Gasteiger partial charge on any atom is -0.322 e. The summed E-state index contributed by atoms with van der Waals surface area (Å²) in [4.78, 5) is 54.3. The van der Waals surface area contributed by atoms with Gasteiger partial charge in [0.15, 0.2) is 0 Å². The molecule has 0 saturated heterocycles. The number of hydrogen-bond acceptors (Lipinski definition) is 12. The Labute approximate surface area is 395 Å². The van der Waals surface area contributed by atoms with Crippen molar-refractivity contribution in [2.45, 2.75) is 29.4 Å². The summed E-state index contributed by atoms with van der Waals surface area (Å²) in [5.74, 6) is -1.43. The van der Waals surface area contributed by atoms with Gasteiger partial charge in [0, 0.05) is 32.5 Å². The summed E-state index contributed by atoms with van der Waals surface area (Å²) in [7, 11) is -5.26. The fourth-order valence-electron chi connectivity index (χ4n) is 6.28. The Hall–Kier alpha value is -6.80. The van der Waals surface area contributed by atoms with Crippen LogP contribution in [0.25, 0.3) is 0 Å². The lowest BCUT2D eigenvalue weighted by Crippen LogP contribution is -2.13. The van der Waals surface area contributed by atoms with Crippen molar-refractivity contribution in [3.05, 3.63) is 201 Å². The maximum Gasteiger partial charge on any atom is 0.265 e. The van der Waals surface area contributed by atoms with E-state index >= 15 is 0 Å². The SMILES string of the molecule is O=C(Nc1ccc(S(=O)(=O)c2ccc(NC(=O)c3ccccc3SSc3ccccc3C(=O)Nc3ccc(S(=O)(=O)c4ccc(NC(=O)c5cccs5)cc4)cc3)cc2)cc1)c1cccs1. The highest BCUT2D eigenvalue weighted by atomic mass is 33.1. The van der Waals surface area contributed by atoms with Crippen molar-refractivity contribution in [3.8, 4) is 0 Å². The highest BCUT2D eigenvalue weighted by Crippen LogP contribution is 2.41. The van der Waals surface area contributed by atoms with Crippen molar-refractivity contribution in [3.63, 3.8) is 0 Å². The molecule has 0 fully saturated rings. The quantitative estimate of drug-likeness (QED) is 0.0721. The lowest BCUT2D eigenvalue weighted by atomic mass is 10.2. The van der Waals surface area contributed by atoms with Crippen LogP contribution in [0.1, 0.15) is 40.1 Å². The van der Waals surface area contributed by atoms with Crippen molar-refractivity contribution in [1.82, 2.24) is 0 Å². The first-order valence-corrected chi connectivity index (χ1v) is 26.5. The fraction of sp³-hybridized carbons (Fsp3) is 0. The van der Waals surface area contributed by atoms with E-state index in [0.29, 0.717) is 53.4 Å². The van der Waals surface area contributed by atoms with Crippen molar-refractivity contribution in [1.29, 1.82) is 0 Å². The van der Waals surface area contributed by atoms with Gasteiger partial charge < -0.3 is 21.3 Å². The van der Waals surface area contributed by atoms with Crippen LogP contribution in [-0.4, -0.2) is 40.5 Å². The van der Waals surface area contributed by atoms with Gasteiger partial charge in [-0.05, 0) is 144 Å². The summed E-state index contributed by atoms with van der Waals surface area (Å²) in [5.41, 5.74) is 2.36. The van der Waals surface area contributed by atoms with Crippen LogP contribution in [0, 0.1) is 0 Å². The molecule has 12 nitrogen and oxygen atoms in total. The Morgan fingerprint density at radius 3 is 0.924 bits per heavy atom. The molecule has 0 atom stereocenters. The third-order valence-corrected chi connectivity index (χ3v) is 17.5. The molecule has 0 radical (unpaired) electrons. The molecular formula is C48H34N4O8S6. The minimum atomic E-state index is -3.91. The molecule has 8 rings (SSSR count). The van der Waals surface area contributed by atoms with Gasteiger partial charge in [0.1, 0.15) is 0 Å². The Morgan fingerprint density at radius 1 is 0.348 bits per heavy atom. The summed E-state index contributed by atoms with van der Waals surface area (Å²) in [6, 6.07) is 44.2. The molecule has 2 heterocycles. The van der Waals surface area contributed by atoms with Crippen LogP contribution in [-0.2, 0) is 19.7 Å². The summed E-state index contributed by atoms with van der Waals surface area (Å²) in [6.45, 7) is 0.